The van der Waals surface area contributed by atoms with E-state index in [4.69, 9.17) is 11.6 Å². The van der Waals surface area contributed by atoms with E-state index in [-0.39, 0.29) is 10.6 Å². The first-order valence-corrected chi connectivity index (χ1v) is 7.87. The molecule has 3 rings (SSSR count). The fourth-order valence-electron chi connectivity index (χ4n) is 2.21. The molecule has 3 nitrogen and oxygen atoms in total. The largest absolute Gasteiger partial charge is 0.348 e. The van der Waals surface area contributed by atoms with E-state index in [0.717, 1.165) is 15.8 Å². The van der Waals surface area contributed by atoms with Crippen molar-refractivity contribution in [3.05, 3.63) is 63.4 Å². The lowest BCUT2D eigenvalue weighted by Crippen LogP contribution is -2.24. The van der Waals surface area contributed by atoms with E-state index < -0.39 is 11.7 Å². The molecule has 1 aromatic heterocycles. The number of halogens is 2. The van der Waals surface area contributed by atoms with Crippen molar-refractivity contribution >= 4 is 39.1 Å². The van der Waals surface area contributed by atoms with Gasteiger partial charge in [-0.25, -0.2) is 9.37 Å². The maximum Gasteiger partial charge on any atom is 0.256 e. The molecule has 22 heavy (non-hydrogen) atoms. The number of hydrogen-bond acceptors (Lipinski definition) is 3. The number of hydrogen-bond donors (Lipinski definition) is 1. The zero-order valence-electron chi connectivity index (χ0n) is 11.7. The van der Waals surface area contributed by atoms with Crippen molar-refractivity contribution in [1.82, 2.24) is 10.3 Å². The summed E-state index contributed by atoms with van der Waals surface area (Å²) in [4.78, 5) is 16.5. The predicted octanol–water partition coefficient (Wildman–Crippen LogP) is 4.33. The van der Waals surface area contributed by atoms with Crippen LogP contribution in [0.15, 0.2) is 35.8 Å². The predicted molar refractivity (Wildman–Crippen MR) is 86.9 cm³/mol. The summed E-state index contributed by atoms with van der Waals surface area (Å²) >= 11 is 7.55. The summed E-state index contributed by atoms with van der Waals surface area (Å²) < 4.78 is 14.9. The highest BCUT2D eigenvalue weighted by Crippen LogP contribution is 2.24. The number of aryl methyl sites for hydroxylation is 1. The SMILES string of the molecule is Cc1ccc(F)c(C(=O)NCc2cccc3ncsc23)c1Cl. The van der Waals surface area contributed by atoms with E-state index in [0.29, 0.717) is 12.1 Å². The Morgan fingerprint density at radius 2 is 2.18 bits per heavy atom. The molecule has 3 aromatic rings. The van der Waals surface area contributed by atoms with Gasteiger partial charge in [0, 0.05) is 6.54 Å². The second-order valence-corrected chi connectivity index (χ2v) is 6.09. The van der Waals surface area contributed by atoms with Gasteiger partial charge >= 0.3 is 0 Å². The number of rotatable bonds is 3. The molecule has 0 aliphatic rings. The quantitative estimate of drug-likeness (QED) is 0.774. The molecular weight excluding hydrogens is 323 g/mol. The summed E-state index contributed by atoms with van der Waals surface area (Å²) in [6.07, 6.45) is 0. The number of nitrogens with one attached hydrogen (secondary N) is 1. The van der Waals surface area contributed by atoms with Crippen molar-refractivity contribution in [3.63, 3.8) is 0 Å². The number of fused-ring (bicyclic) bond motifs is 1. The van der Waals surface area contributed by atoms with Gasteiger partial charge in [-0.15, -0.1) is 11.3 Å². The Hall–Kier alpha value is -1.98. The number of aromatic nitrogens is 1. The van der Waals surface area contributed by atoms with Crippen molar-refractivity contribution in [2.24, 2.45) is 0 Å². The highest BCUT2D eigenvalue weighted by Gasteiger charge is 2.17. The lowest BCUT2D eigenvalue weighted by molar-refractivity contribution is 0.0947. The molecule has 0 aliphatic carbocycles. The molecular formula is C16H12ClFN2OS. The van der Waals surface area contributed by atoms with E-state index in [9.17, 15) is 9.18 Å². The number of benzene rings is 2. The number of amides is 1. The fourth-order valence-corrected chi connectivity index (χ4v) is 3.26. The van der Waals surface area contributed by atoms with Crippen molar-refractivity contribution in [2.75, 3.05) is 0 Å². The molecule has 0 spiro atoms. The number of carbonyl (C=O) groups is 1. The van der Waals surface area contributed by atoms with Crippen LogP contribution >= 0.6 is 22.9 Å². The average Bonchev–Trinajstić information content (AvgIpc) is 2.98. The van der Waals surface area contributed by atoms with Gasteiger partial charge in [0.1, 0.15) is 5.82 Å². The van der Waals surface area contributed by atoms with Gasteiger partial charge in [0.15, 0.2) is 0 Å². The van der Waals surface area contributed by atoms with E-state index >= 15 is 0 Å². The Kier molecular flexibility index (Phi) is 4.09. The second kappa shape index (κ2) is 6.02. The van der Waals surface area contributed by atoms with Crippen LogP contribution in [0.4, 0.5) is 4.39 Å². The van der Waals surface area contributed by atoms with Crippen LogP contribution in [0, 0.1) is 12.7 Å². The van der Waals surface area contributed by atoms with Gasteiger partial charge in [-0.3, -0.25) is 4.79 Å². The molecule has 1 heterocycles. The molecule has 0 saturated carbocycles. The van der Waals surface area contributed by atoms with Crippen LogP contribution in [0.1, 0.15) is 21.5 Å². The van der Waals surface area contributed by atoms with E-state index in [1.165, 1.54) is 17.4 Å². The maximum atomic E-state index is 13.9. The minimum atomic E-state index is -0.621. The number of nitrogens with zero attached hydrogens (tertiary/aromatic N) is 1. The Morgan fingerprint density at radius 3 is 3.00 bits per heavy atom. The summed E-state index contributed by atoms with van der Waals surface area (Å²) in [5.74, 6) is -1.14. The Balaban J connectivity index is 1.84. The number of carbonyl (C=O) groups excluding carboxylic acids is 1. The first kappa shape index (κ1) is 14.9. The van der Waals surface area contributed by atoms with Crippen LogP contribution in [-0.4, -0.2) is 10.9 Å². The zero-order valence-corrected chi connectivity index (χ0v) is 13.3. The molecule has 0 bridgehead atoms. The van der Waals surface area contributed by atoms with Gasteiger partial charge < -0.3 is 5.32 Å². The standard InChI is InChI=1S/C16H12ClFN2OS/c1-9-5-6-11(18)13(14(9)17)16(21)19-7-10-3-2-4-12-15(10)22-8-20-12/h2-6,8H,7H2,1H3,(H,19,21). The molecule has 0 atom stereocenters. The smallest absolute Gasteiger partial charge is 0.256 e. The van der Waals surface area contributed by atoms with Crippen LogP contribution in [0.25, 0.3) is 10.2 Å². The minimum Gasteiger partial charge on any atom is -0.348 e. The van der Waals surface area contributed by atoms with Gasteiger partial charge in [0.25, 0.3) is 5.91 Å². The molecule has 1 N–H and O–H groups in total. The van der Waals surface area contributed by atoms with E-state index in [1.807, 2.05) is 18.2 Å². The van der Waals surface area contributed by atoms with Crippen LogP contribution in [0.2, 0.25) is 5.02 Å². The first-order valence-electron chi connectivity index (χ1n) is 6.62. The third-order valence-corrected chi connectivity index (χ3v) is 4.79. The van der Waals surface area contributed by atoms with Gasteiger partial charge in [-0.05, 0) is 30.2 Å². The van der Waals surface area contributed by atoms with Crippen molar-refractivity contribution in [1.29, 1.82) is 0 Å². The van der Waals surface area contributed by atoms with Gasteiger partial charge in [0.2, 0.25) is 0 Å². The van der Waals surface area contributed by atoms with Gasteiger partial charge in [-0.2, -0.15) is 0 Å². The second-order valence-electron chi connectivity index (χ2n) is 4.85. The molecule has 0 unspecified atom stereocenters. The van der Waals surface area contributed by atoms with E-state index in [2.05, 4.69) is 10.3 Å². The van der Waals surface area contributed by atoms with Gasteiger partial charge in [0.05, 0.1) is 26.3 Å². The Bertz CT molecular complexity index is 862. The molecule has 1 amide bonds. The highest BCUT2D eigenvalue weighted by atomic mass is 35.5. The maximum absolute atomic E-state index is 13.9. The molecule has 0 fully saturated rings. The Morgan fingerprint density at radius 1 is 1.36 bits per heavy atom. The lowest BCUT2D eigenvalue weighted by atomic mass is 10.1. The summed E-state index contributed by atoms with van der Waals surface area (Å²) in [6.45, 7) is 2.03. The molecule has 0 saturated heterocycles. The Labute approximate surface area is 135 Å². The van der Waals surface area contributed by atoms with Crippen molar-refractivity contribution < 1.29 is 9.18 Å². The van der Waals surface area contributed by atoms with Gasteiger partial charge in [-0.1, -0.05) is 29.8 Å². The summed E-state index contributed by atoms with van der Waals surface area (Å²) in [5.41, 5.74) is 4.14. The third-order valence-electron chi connectivity index (χ3n) is 3.39. The normalized spacial score (nSPS) is 10.9. The monoisotopic (exact) mass is 334 g/mol. The van der Waals surface area contributed by atoms with Crippen LogP contribution in [-0.2, 0) is 6.54 Å². The topological polar surface area (TPSA) is 42.0 Å². The van der Waals surface area contributed by atoms with Crippen molar-refractivity contribution in [3.8, 4) is 0 Å². The number of thiazole rings is 1. The summed E-state index contributed by atoms with van der Waals surface area (Å²) in [5, 5.41) is 2.87. The molecule has 0 radical (unpaired) electrons. The zero-order chi connectivity index (χ0) is 15.7. The van der Waals surface area contributed by atoms with Crippen LogP contribution in [0.5, 0.6) is 0 Å². The average molecular weight is 335 g/mol. The highest BCUT2D eigenvalue weighted by molar-refractivity contribution is 7.16. The molecule has 6 heteroatoms. The molecule has 112 valence electrons. The van der Waals surface area contributed by atoms with E-state index in [1.54, 1.807) is 18.5 Å². The van der Waals surface area contributed by atoms with Crippen molar-refractivity contribution in [2.45, 2.75) is 13.5 Å². The lowest BCUT2D eigenvalue weighted by Gasteiger charge is -2.10. The van der Waals surface area contributed by atoms with Crippen LogP contribution < -0.4 is 5.32 Å². The third kappa shape index (κ3) is 2.69. The minimum absolute atomic E-state index is 0.113. The molecule has 0 aliphatic heterocycles. The van der Waals surface area contributed by atoms with Crippen LogP contribution in [0.3, 0.4) is 0 Å². The first-order chi connectivity index (χ1) is 10.6. The fraction of sp³-hybridized carbons (Fsp3) is 0.125. The summed E-state index contributed by atoms with van der Waals surface area (Å²) in [7, 11) is 0. The summed E-state index contributed by atoms with van der Waals surface area (Å²) in [6, 6.07) is 8.50. The molecule has 2 aromatic carbocycles.